The van der Waals surface area contributed by atoms with Crippen LogP contribution in [0.4, 0.5) is 0 Å². The zero-order valence-corrected chi connectivity index (χ0v) is 7.97. The summed E-state index contributed by atoms with van der Waals surface area (Å²) in [4.78, 5) is 11.1. The summed E-state index contributed by atoms with van der Waals surface area (Å²) in [6.45, 7) is 0.910. The Kier molecular flexibility index (Phi) is 4.01. The number of nitrogens with one attached hydrogen (secondary N) is 3. The third-order valence-electron chi connectivity index (χ3n) is 1.49. The molecule has 1 rings (SSSR count). The summed E-state index contributed by atoms with van der Waals surface area (Å²) in [5.41, 5.74) is 5.01. The minimum atomic E-state index is -0.238. The van der Waals surface area contributed by atoms with E-state index in [0.29, 0.717) is 13.1 Å². The molecule has 0 aliphatic heterocycles. The first-order valence-electron chi connectivity index (χ1n) is 4.24. The SMILES string of the molecule is N=C(N)NCC(=O)NCCn1cnnn1. The highest BCUT2D eigenvalue weighted by Gasteiger charge is 2.00. The first kappa shape index (κ1) is 10.9. The molecule has 5 N–H and O–H groups in total. The van der Waals surface area contributed by atoms with Crippen LogP contribution in [-0.4, -0.2) is 45.2 Å². The zero-order chi connectivity index (χ0) is 11.1. The fraction of sp³-hybridized carbons (Fsp3) is 0.500. The van der Waals surface area contributed by atoms with Crippen molar-refractivity contribution in [2.45, 2.75) is 6.54 Å². The van der Waals surface area contributed by atoms with Crippen molar-refractivity contribution >= 4 is 11.9 Å². The number of amides is 1. The summed E-state index contributed by atoms with van der Waals surface area (Å²) in [6, 6.07) is 0. The van der Waals surface area contributed by atoms with Gasteiger partial charge in [0.25, 0.3) is 0 Å². The molecule has 0 fully saturated rings. The lowest BCUT2D eigenvalue weighted by Gasteiger charge is -2.05. The van der Waals surface area contributed by atoms with Crippen molar-refractivity contribution in [2.24, 2.45) is 5.73 Å². The minimum absolute atomic E-state index is 0.00899. The molecular weight excluding hydrogens is 200 g/mol. The molecule has 0 aliphatic rings. The molecule has 9 nitrogen and oxygen atoms in total. The Hall–Kier alpha value is -2.19. The number of guanidine groups is 1. The van der Waals surface area contributed by atoms with E-state index in [2.05, 4.69) is 26.2 Å². The maximum Gasteiger partial charge on any atom is 0.239 e. The highest BCUT2D eigenvalue weighted by atomic mass is 16.1. The van der Waals surface area contributed by atoms with E-state index in [4.69, 9.17) is 11.1 Å². The molecule has 9 heteroatoms. The first-order chi connectivity index (χ1) is 7.18. The molecular formula is C6H12N8O. The molecule has 0 atom stereocenters. The lowest BCUT2D eigenvalue weighted by Crippen LogP contribution is -2.40. The van der Waals surface area contributed by atoms with Crippen LogP contribution < -0.4 is 16.4 Å². The van der Waals surface area contributed by atoms with Crippen molar-refractivity contribution in [2.75, 3.05) is 13.1 Å². The summed E-state index contributed by atoms with van der Waals surface area (Å²) in [5.74, 6) is -0.469. The molecule has 0 saturated carbocycles. The molecule has 0 spiro atoms. The number of nitrogens with zero attached hydrogens (tertiary/aromatic N) is 4. The largest absolute Gasteiger partial charge is 0.370 e. The topological polar surface area (TPSA) is 135 Å². The highest BCUT2D eigenvalue weighted by molar-refractivity contribution is 5.83. The number of aromatic nitrogens is 4. The van der Waals surface area contributed by atoms with Crippen LogP contribution in [0.3, 0.4) is 0 Å². The molecule has 0 aromatic carbocycles. The molecule has 0 aliphatic carbocycles. The Bertz CT molecular complexity index is 320. The smallest absolute Gasteiger partial charge is 0.239 e. The molecule has 1 aromatic heterocycles. The van der Waals surface area contributed by atoms with Crippen molar-refractivity contribution in [3.8, 4) is 0 Å². The van der Waals surface area contributed by atoms with E-state index in [1.54, 1.807) is 0 Å². The van der Waals surface area contributed by atoms with Crippen LogP contribution in [0.15, 0.2) is 6.33 Å². The van der Waals surface area contributed by atoms with Crippen LogP contribution in [0.2, 0.25) is 0 Å². The summed E-state index contributed by atoms with van der Waals surface area (Å²) < 4.78 is 1.50. The second-order valence-corrected chi connectivity index (χ2v) is 2.69. The van der Waals surface area contributed by atoms with Gasteiger partial charge in [-0.15, -0.1) is 5.10 Å². The van der Waals surface area contributed by atoms with E-state index < -0.39 is 0 Å². The lowest BCUT2D eigenvalue weighted by molar-refractivity contribution is -0.120. The Morgan fingerprint density at radius 2 is 2.33 bits per heavy atom. The number of rotatable bonds is 5. The average Bonchev–Trinajstić information content (AvgIpc) is 2.67. The van der Waals surface area contributed by atoms with Crippen LogP contribution in [0.25, 0.3) is 0 Å². The van der Waals surface area contributed by atoms with Gasteiger partial charge in [-0.2, -0.15) is 0 Å². The fourth-order valence-corrected chi connectivity index (χ4v) is 0.831. The van der Waals surface area contributed by atoms with Crippen LogP contribution in [-0.2, 0) is 11.3 Å². The number of hydrogen-bond acceptors (Lipinski definition) is 5. The van der Waals surface area contributed by atoms with Crippen LogP contribution >= 0.6 is 0 Å². The third kappa shape index (κ3) is 4.55. The Morgan fingerprint density at radius 3 is 2.93 bits per heavy atom. The molecule has 15 heavy (non-hydrogen) atoms. The van der Waals surface area contributed by atoms with Gasteiger partial charge in [0.2, 0.25) is 5.91 Å². The number of carbonyl (C=O) groups excluding carboxylic acids is 1. The second-order valence-electron chi connectivity index (χ2n) is 2.69. The lowest BCUT2D eigenvalue weighted by atomic mass is 10.5. The van der Waals surface area contributed by atoms with Gasteiger partial charge in [-0.05, 0) is 10.4 Å². The summed E-state index contributed by atoms with van der Waals surface area (Å²) >= 11 is 0. The van der Waals surface area contributed by atoms with Crippen molar-refractivity contribution in [3.63, 3.8) is 0 Å². The van der Waals surface area contributed by atoms with Crippen LogP contribution in [0, 0.1) is 5.41 Å². The summed E-state index contributed by atoms with van der Waals surface area (Å²) in [7, 11) is 0. The van der Waals surface area contributed by atoms with Gasteiger partial charge in [-0.25, -0.2) is 4.68 Å². The van der Waals surface area contributed by atoms with Gasteiger partial charge in [-0.1, -0.05) is 0 Å². The van der Waals surface area contributed by atoms with Gasteiger partial charge in [0.15, 0.2) is 5.96 Å². The maximum absolute atomic E-state index is 11.1. The predicted octanol–water partition coefficient (Wildman–Crippen LogP) is -2.73. The van der Waals surface area contributed by atoms with E-state index >= 15 is 0 Å². The number of tetrazole rings is 1. The normalized spacial score (nSPS) is 9.60. The molecule has 0 saturated heterocycles. The highest BCUT2D eigenvalue weighted by Crippen LogP contribution is 1.75. The van der Waals surface area contributed by atoms with Gasteiger partial charge in [-0.3, -0.25) is 10.2 Å². The Balaban J connectivity index is 2.09. The molecule has 0 unspecified atom stereocenters. The van der Waals surface area contributed by atoms with Gasteiger partial charge < -0.3 is 16.4 Å². The number of carbonyl (C=O) groups is 1. The Labute approximate surface area is 85.5 Å². The zero-order valence-electron chi connectivity index (χ0n) is 7.97. The van der Waals surface area contributed by atoms with Gasteiger partial charge in [0, 0.05) is 6.54 Å². The molecule has 0 radical (unpaired) electrons. The third-order valence-corrected chi connectivity index (χ3v) is 1.49. The van der Waals surface area contributed by atoms with E-state index in [0.717, 1.165) is 0 Å². The monoisotopic (exact) mass is 212 g/mol. The molecule has 1 heterocycles. The number of hydrogen-bond donors (Lipinski definition) is 4. The average molecular weight is 212 g/mol. The maximum atomic E-state index is 11.1. The van der Waals surface area contributed by atoms with Gasteiger partial charge in [0.05, 0.1) is 13.1 Å². The van der Waals surface area contributed by atoms with Crippen molar-refractivity contribution in [3.05, 3.63) is 6.33 Å². The predicted molar refractivity (Wildman–Crippen MR) is 50.7 cm³/mol. The van der Waals surface area contributed by atoms with Crippen molar-refractivity contribution in [1.82, 2.24) is 30.8 Å². The molecule has 1 amide bonds. The quantitative estimate of drug-likeness (QED) is 0.309. The van der Waals surface area contributed by atoms with Gasteiger partial charge in [0.1, 0.15) is 6.33 Å². The molecule has 1 aromatic rings. The first-order valence-corrected chi connectivity index (χ1v) is 4.24. The second kappa shape index (κ2) is 5.52. The summed E-state index contributed by atoms with van der Waals surface area (Å²) in [6.07, 6.45) is 1.46. The number of nitrogens with two attached hydrogens (primary N) is 1. The van der Waals surface area contributed by atoms with Crippen LogP contribution in [0.5, 0.6) is 0 Å². The fourth-order valence-electron chi connectivity index (χ4n) is 0.831. The molecule has 0 bridgehead atoms. The molecule has 82 valence electrons. The summed E-state index contributed by atoms with van der Waals surface area (Å²) in [5, 5.41) is 22.3. The Morgan fingerprint density at radius 1 is 1.53 bits per heavy atom. The standard InChI is InChI=1S/C6H12N8O/c7-6(8)10-3-5(15)9-1-2-14-4-11-12-13-14/h4H,1-3H2,(H,9,15)(H4,7,8,10). The van der Waals surface area contributed by atoms with Gasteiger partial charge >= 0.3 is 0 Å². The van der Waals surface area contributed by atoms with E-state index in [9.17, 15) is 4.79 Å². The van der Waals surface area contributed by atoms with E-state index in [1.165, 1.54) is 11.0 Å². The van der Waals surface area contributed by atoms with E-state index in [1.807, 2.05) is 0 Å². The van der Waals surface area contributed by atoms with Crippen molar-refractivity contribution in [1.29, 1.82) is 5.41 Å². The van der Waals surface area contributed by atoms with Crippen molar-refractivity contribution < 1.29 is 4.79 Å². The van der Waals surface area contributed by atoms with E-state index in [-0.39, 0.29) is 18.4 Å². The minimum Gasteiger partial charge on any atom is -0.370 e. The van der Waals surface area contributed by atoms with Crippen LogP contribution in [0.1, 0.15) is 0 Å².